The van der Waals surface area contributed by atoms with Crippen LogP contribution in [0.3, 0.4) is 0 Å². The summed E-state index contributed by atoms with van der Waals surface area (Å²) in [4.78, 5) is 0. The molecule has 0 bridgehead atoms. The number of aliphatic hydroxyl groups excluding tert-OH is 1. The second-order valence-corrected chi connectivity index (χ2v) is 3.09. The lowest BCUT2D eigenvalue weighted by atomic mass is 9.96. The molecule has 2 radical (unpaired) electrons. The highest BCUT2D eigenvalue weighted by molar-refractivity contribution is 6.32. The maximum atomic E-state index is 9.36. The van der Waals surface area contributed by atoms with Gasteiger partial charge in [0.05, 0.1) is 0 Å². The third-order valence-corrected chi connectivity index (χ3v) is 1.74. The monoisotopic (exact) mass is 191 g/mol. The summed E-state index contributed by atoms with van der Waals surface area (Å²) in [6.07, 6.45) is -0.499. The van der Waals surface area contributed by atoms with Gasteiger partial charge in [0.25, 0.3) is 0 Å². The summed E-state index contributed by atoms with van der Waals surface area (Å²) < 4.78 is 5.33. The molecule has 0 aliphatic rings. The maximum absolute atomic E-state index is 9.36. The van der Waals surface area contributed by atoms with E-state index in [-0.39, 0.29) is 6.61 Å². The molecule has 1 rings (SSSR count). The summed E-state index contributed by atoms with van der Waals surface area (Å²) >= 11 is 0. The number of rotatable bonds is 5. The van der Waals surface area contributed by atoms with Crippen molar-refractivity contribution in [3.05, 3.63) is 24.3 Å². The van der Waals surface area contributed by atoms with Crippen LogP contribution in [0.4, 0.5) is 0 Å². The van der Waals surface area contributed by atoms with Crippen molar-refractivity contribution in [2.24, 2.45) is 0 Å². The van der Waals surface area contributed by atoms with Crippen LogP contribution in [-0.4, -0.2) is 39.3 Å². The highest BCUT2D eigenvalue weighted by Gasteiger charge is 2.02. The molecule has 4 heteroatoms. The zero-order chi connectivity index (χ0) is 10.4. The molecule has 2 N–H and O–H groups in total. The van der Waals surface area contributed by atoms with E-state index in [1.54, 1.807) is 19.2 Å². The van der Waals surface area contributed by atoms with E-state index in [2.05, 4.69) is 5.32 Å². The normalized spacial score (nSPS) is 12.4. The molecule has 0 aliphatic carbocycles. The van der Waals surface area contributed by atoms with Gasteiger partial charge in [-0.3, -0.25) is 0 Å². The molecule has 1 aromatic rings. The van der Waals surface area contributed by atoms with Crippen LogP contribution in [0.2, 0.25) is 0 Å². The minimum atomic E-state index is -0.499. The average molecular weight is 191 g/mol. The Bertz CT molecular complexity index is 281. The Hall–Kier alpha value is -0.995. The standard InChI is InChI=1S/C10H14BNO2/c1-12-6-9(13)7-14-10-4-2-3-8(11)5-10/h2-5,9,12-13H,6-7H2,1H3. The third kappa shape index (κ3) is 3.81. The minimum absolute atomic E-state index is 0.268. The number of likely N-dealkylation sites (N-methyl/N-ethyl adjacent to an activating group) is 1. The van der Waals surface area contributed by atoms with E-state index >= 15 is 0 Å². The van der Waals surface area contributed by atoms with Gasteiger partial charge in [-0.2, -0.15) is 0 Å². The summed E-state index contributed by atoms with van der Waals surface area (Å²) in [7, 11) is 7.35. The van der Waals surface area contributed by atoms with Crippen molar-refractivity contribution in [3.8, 4) is 5.75 Å². The predicted molar refractivity (Wildman–Crippen MR) is 57.3 cm³/mol. The third-order valence-electron chi connectivity index (χ3n) is 1.74. The van der Waals surface area contributed by atoms with Crippen molar-refractivity contribution in [1.82, 2.24) is 5.32 Å². The maximum Gasteiger partial charge on any atom is 0.118 e. The first-order chi connectivity index (χ1) is 6.72. The van der Waals surface area contributed by atoms with Crippen molar-refractivity contribution in [1.29, 1.82) is 0 Å². The van der Waals surface area contributed by atoms with E-state index in [0.29, 0.717) is 17.8 Å². The second-order valence-electron chi connectivity index (χ2n) is 3.09. The molecule has 0 aliphatic heterocycles. The molecular formula is C10H14BNO2. The van der Waals surface area contributed by atoms with Gasteiger partial charge in [0.1, 0.15) is 26.3 Å². The van der Waals surface area contributed by atoms with Gasteiger partial charge in [0, 0.05) is 6.54 Å². The summed E-state index contributed by atoms with van der Waals surface area (Å²) in [5.74, 6) is 0.681. The van der Waals surface area contributed by atoms with Gasteiger partial charge >= 0.3 is 0 Å². The quantitative estimate of drug-likeness (QED) is 0.613. The molecule has 1 aromatic carbocycles. The average Bonchev–Trinajstić information content (AvgIpc) is 2.15. The fourth-order valence-corrected chi connectivity index (χ4v) is 1.09. The Labute approximate surface area is 85.5 Å². The summed E-state index contributed by atoms with van der Waals surface area (Å²) in [5.41, 5.74) is 0.658. The van der Waals surface area contributed by atoms with Crippen LogP contribution < -0.4 is 15.5 Å². The first kappa shape index (κ1) is 11.1. The van der Waals surface area contributed by atoms with E-state index in [1.165, 1.54) is 0 Å². The van der Waals surface area contributed by atoms with Crippen LogP contribution in [-0.2, 0) is 0 Å². The van der Waals surface area contributed by atoms with Gasteiger partial charge in [0.2, 0.25) is 0 Å². The van der Waals surface area contributed by atoms with Crippen LogP contribution >= 0.6 is 0 Å². The largest absolute Gasteiger partial charge is 0.491 e. The molecule has 14 heavy (non-hydrogen) atoms. The van der Waals surface area contributed by atoms with Crippen molar-refractivity contribution >= 4 is 13.3 Å². The van der Waals surface area contributed by atoms with Crippen LogP contribution in [0, 0.1) is 0 Å². The van der Waals surface area contributed by atoms with Gasteiger partial charge in [0.15, 0.2) is 0 Å². The van der Waals surface area contributed by atoms with Gasteiger partial charge in [-0.05, 0) is 19.2 Å². The molecule has 3 nitrogen and oxygen atoms in total. The van der Waals surface area contributed by atoms with Gasteiger partial charge in [-0.15, -0.1) is 0 Å². The van der Waals surface area contributed by atoms with Crippen molar-refractivity contribution < 1.29 is 9.84 Å². The first-order valence-corrected chi connectivity index (χ1v) is 4.53. The number of aliphatic hydroxyl groups is 1. The molecule has 74 valence electrons. The first-order valence-electron chi connectivity index (χ1n) is 4.53. The van der Waals surface area contributed by atoms with Crippen LogP contribution in [0.5, 0.6) is 5.75 Å². The minimum Gasteiger partial charge on any atom is -0.491 e. The van der Waals surface area contributed by atoms with Crippen molar-refractivity contribution in [2.75, 3.05) is 20.2 Å². The summed E-state index contributed by atoms with van der Waals surface area (Å²) in [6.45, 7) is 0.784. The van der Waals surface area contributed by atoms with Crippen molar-refractivity contribution in [2.45, 2.75) is 6.10 Å². The topological polar surface area (TPSA) is 41.5 Å². The second kappa shape index (κ2) is 5.68. The molecule has 0 amide bonds. The van der Waals surface area contributed by atoms with E-state index in [0.717, 1.165) is 0 Å². The zero-order valence-electron chi connectivity index (χ0n) is 8.23. The summed E-state index contributed by atoms with van der Waals surface area (Å²) in [6, 6.07) is 7.14. The fraction of sp³-hybridized carbons (Fsp3) is 0.400. The number of hydrogen-bond donors (Lipinski definition) is 2. The van der Waals surface area contributed by atoms with Gasteiger partial charge < -0.3 is 15.2 Å². The SMILES string of the molecule is [B]c1cccc(OCC(O)CNC)c1. The Morgan fingerprint density at radius 3 is 3.00 bits per heavy atom. The number of benzene rings is 1. The molecule has 0 aromatic heterocycles. The molecule has 1 atom stereocenters. The highest BCUT2D eigenvalue weighted by Crippen LogP contribution is 2.06. The Morgan fingerprint density at radius 2 is 2.36 bits per heavy atom. The number of hydrogen-bond acceptors (Lipinski definition) is 3. The lowest BCUT2D eigenvalue weighted by Crippen LogP contribution is -2.29. The van der Waals surface area contributed by atoms with E-state index < -0.39 is 6.10 Å². The molecule has 0 fully saturated rings. The Morgan fingerprint density at radius 1 is 1.57 bits per heavy atom. The molecule has 0 heterocycles. The lowest BCUT2D eigenvalue weighted by molar-refractivity contribution is 0.108. The lowest BCUT2D eigenvalue weighted by Gasteiger charge is -2.11. The van der Waals surface area contributed by atoms with Gasteiger partial charge in [-0.25, -0.2) is 0 Å². The van der Waals surface area contributed by atoms with Crippen LogP contribution in [0.25, 0.3) is 0 Å². The number of ether oxygens (including phenoxy) is 1. The molecule has 0 saturated carbocycles. The molecular weight excluding hydrogens is 177 g/mol. The van der Waals surface area contributed by atoms with Crippen LogP contribution in [0.1, 0.15) is 0 Å². The fourth-order valence-electron chi connectivity index (χ4n) is 1.09. The molecule has 1 unspecified atom stereocenters. The smallest absolute Gasteiger partial charge is 0.118 e. The van der Waals surface area contributed by atoms with Gasteiger partial charge in [-0.1, -0.05) is 17.6 Å². The highest BCUT2D eigenvalue weighted by atomic mass is 16.5. The zero-order valence-corrected chi connectivity index (χ0v) is 8.23. The number of nitrogens with one attached hydrogen (secondary N) is 1. The van der Waals surface area contributed by atoms with Crippen molar-refractivity contribution in [3.63, 3.8) is 0 Å². The van der Waals surface area contributed by atoms with Crippen LogP contribution in [0.15, 0.2) is 24.3 Å². The molecule has 0 spiro atoms. The Balaban J connectivity index is 2.37. The van der Waals surface area contributed by atoms with E-state index in [4.69, 9.17) is 12.6 Å². The summed E-state index contributed by atoms with van der Waals surface area (Å²) in [5, 5.41) is 12.2. The predicted octanol–water partition coefficient (Wildman–Crippen LogP) is -0.561. The molecule has 0 saturated heterocycles. The van der Waals surface area contributed by atoms with E-state index in [1.807, 2.05) is 12.1 Å². The van der Waals surface area contributed by atoms with E-state index in [9.17, 15) is 5.11 Å². The Kier molecular flexibility index (Phi) is 4.49.